The van der Waals surface area contributed by atoms with Gasteiger partial charge in [0.2, 0.25) is 0 Å². The van der Waals surface area contributed by atoms with Crippen molar-refractivity contribution in [2.24, 2.45) is 5.92 Å². The normalized spacial score (nSPS) is 26.2. The minimum Gasteiger partial charge on any atom is -0.507 e. The second kappa shape index (κ2) is 5.83. The summed E-state index contributed by atoms with van der Waals surface area (Å²) in [5, 5.41) is 22.4. The van der Waals surface area contributed by atoms with Gasteiger partial charge in [-0.25, -0.2) is 0 Å². The first-order valence-corrected chi connectivity index (χ1v) is 7.19. The number of phenols is 1. The van der Waals surface area contributed by atoms with Crippen LogP contribution in [0.1, 0.15) is 48.5 Å². The molecule has 1 aromatic carbocycles. The first kappa shape index (κ1) is 14.9. The zero-order valence-electron chi connectivity index (χ0n) is 12.1. The molecule has 1 aliphatic rings. The number of rotatable bonds is 3. The number of hydrogen-bond donors (Lipinski definition) is 3. The third-order valence-electron chi connectivity index (χ3n) is 4.31. The van der Waals surface area contributed by atoms with Gasteiger partial charge in [-0.2, -0.15) is 0 Å². The van der Waals surface area contributed by atoms with Crippen molar-refractivity contribution in [3.63, 3.8) is 0 Å². The van der Waals surface area contributed by atoms with Crippen LogP contribution in [0.3, 0.4) is 0 Å². The van der Waals surface area contributed by atoms with Crippen molar-refractivity contribution in [2.45, 2.75) is 45.1 Å². The summed E-state index contributed by atoms with van der Waals surface area (Å²) in [5.41, 5.74) is 0.652. The highest BCUT2D eigenvalue weighted by Gasteiger charge is 2.35. The van der Waals surface area contributed by atoms with Crippen LogP contribution in [0, 0.1) is 12.8 Å². The zero-order valence-corrected chi connectivity index (χ0v) is 12.1. The summed E-state index contributed by atoms with van der Waals surface area (Å²) in [4.78, 5) is 12.3. The molecule has 110 valence electrons. The van der Waals surface area contributed by atoms with E-state index in [9.17, 15) is 15.0 Å². The number of aliphatic hydroxyl groups is 1. The lowest BCUT2D eigenvalue weighted by Gasteiger charge is -2.38. The van der Waals surface area contributed by atoms with Gasteiger partial charge in [0, 0.05) is 0 Å². The van der Waals surface area contributed by atoms with Crippen LogP contribution in [-0.2, 0) is 0 Å². The van der Waals surface area contributed by atoms with Gasteiger partial charge in [0.15, 0.2) is 0 Å². The molecule has 3 N–H and O–H groups in total. The molecule has 4 nitrogen and oxygen atoms in total. The highest BCUT2D eigenvalue weighted by Crippen LogP contribution is 2.32. The van der Waals surface area contributed by atoms with Crippen LogP contribution in [-0.4, -0.2) is 28.3 Å². The van der Waals surface area contributed by atoms with Gasteiger partial charge in [-0.3, -0.25) is 4.79 Å². The van der Waals surface area contributed by atoms with E-state index in [1.54, 1.807) is 12.1 Å². The number of amides is 1. The Labute approximate surface area is 119 Å². The first-order valence-electron chi connectivity index (χ1n) is 7.19. The van der Waals surface area contributed by atoms with Gasteiger partial charge in [0.25, 0.3) is 5.91 Å². The molecule has 1 aromatic rings. The Morgan fingerprint density at radius 1 is 1.40 bits per heavy atom. The van der Waals surface area contributed by atoms with Gasteiger partial charge in [0.1, 0.15) is 5.75 Å². The predicted octanol–water partition coefficient (Wildman–Crippen LogP) is 2.37. The summed E-state index contributed by atoms with van der Waals surface area (Å²) in [6, 6.07) is 4.95. The summed E-state index contributed by atoms with van der Waals surface area (Å²) in [6.45, 7) is 4.01. The van der Waals surface area contributed by atoms with Crippen LogP contribution in [0.4, 0.5) is 0 Å². The molecule has 2 rings (SSSR count). The number of carbonyl (C=O) groups excluding carboxylic acids is 1. The van der Waals surface area contributed by atoms with Crippen LogP contribution in [0.2, 0.25) is 0 Å². The van der Waals surface area contributed by atoms with Gasteiger partial charge in [-0.1, -0.05) is 18.6 Å². The van der Waals surface area contributed by atoms with E-state index < -0.39 is 5.54 Å². The third kappa shape index (κ3) is 3.12. The number of phenolic OH excluding ortho intramolecular Hbond substituents is 1. The van der Waals surface area contributed by atoms with E-state index in [-0.39, 0.29) is 23.8 Å². The SMILES string of the molecule is Cc1ccc(O)c(C(=O)NC2(CO)CCC(C)CC2)c1. The third-order valence-corrected chi connectivity index (χ3v) is 4.31. The van der Waals surface area contributed by atoms with E-state index in [0.29, 0.717) is 5.92 Å². The molecule has 1 saturated carbocycles. The van der Waals surface area contributed by atoms with Gasteiger partial charge in [-0.15, -0.1) is 0 Å². The van der Waals surface area contributed by atoms with E-state index in [0.717, 1.165) is 31.2 Å². The molecule has 0 aromatic heterocycles. The van der Waals surface area contributed by atoms with Crippen molar-refractivity contribution >= 4 is 5.91 Å². The highest BCUT2D eigenvalue weighted by molar-refractivity contribution is 5.97. The molecule has 0 atom stereocenters. The molecule has 0 saturated heterocycles. The molecule has 0 spiro atoms. The molecule has 0 heterocycles. The number of aromatic hydroxyl groups is 1. The maximum Gasteiger partial charge on any atom is 0.255 e. The second-order valence-corrected chi connectivity index (χ2v) is 6.10. The standard InChI is InChI=1S/C16H23NO3/c1-11-5-7-16(10-18,8-6-11)17-15(20)13-9-12(2)3-4-14(13)19/h3-4,9,11,18-19H,5-8,10H2,1-2H3,(H,17,20). The second-order valence-electron chi connectivity index (χ2n) is 6.10. The molecular formula is C16H23NO3. The Bertz CT molecular complexity index is 490. The number of hydrogen-bond acceptors (Lipinski definition) is 3. The fourth-order valence-electron chi connectivity index (χ4n) is 2.78. The topological polar surface area (TPSA) is 69.6 Å². The van der Waals surface area contributed by atoms with E-state index in [4.69, 9.17) is 0 Å². The maximum absolute atomic E-state index is 12.3. The Kier molecular flexibility index (Phi) is 4.33. The summed E-state index contributed by atoms with van der Waals surface area (Å²) < 4.78 is 0. The van der Waals surface area contributed by atoms with Crippen LogP contribution in [0.15, 0.2) is 18.2 Å². The van der Waals surface area contributed by atoms with Crippen LogP contribution >= 0.6 is 0 Å². The Balaban J connectivity index is 2.15. The van der Waals surface area contributed by atoms with Gasteiger partial charge in [-0.05, 0) is 50.7 Å². The first-order chi connectivity index (χ1) is 9.46. The van der Waals surface area contributed by atoms with Crippen molar-refractivity contribution in [3.8, 4) is 5.75 Å². The van der Waals surface area contributed by atoms with E-state index in [1.807, 2.05) is 6.92 Å². The fourth-order valence-corrected chi connectivity index (χ4v) is 2.78. The molecule has 0 unspecified atom stereocenters. The van der Waals surface area contributed by atoms with Crippen LogP contribution in [0.25, 0.3) is 0 Å². The summed E-state index contributed by atoms with van der Waals surface area (Å²) >= 11 is 0. The monoisotopic (exact) mass is 277 g/mol. The number of aryl methyl sites for hydroxylation is 1. The number of nitrogens with one attached hydrogen (secondary N) is 1. The molecular weight excluding hydrogens is 254 g/mol. The van der Waals surface area contributed by atoms with E-state index in [1.165, 1.54) is 6.07 Å². The lowest BCUT2D eigenvalue weighted by Crippen LogP contribution is -2.53. The van der Waals surface area contributed by atoms with Crippen molar-refractivity contribution in [1.82, 2.24) is 5.32 Å². The Morgan fingerprint density at radius 2 is 2.05 bits per heavy atom. The quantitative estimate of drug-likeness (QED) is 0.794. The predicted molar refractivity (Wildman–Crippen MR) is 77.8 cm³/mol. The van der Waals surface area contributed by atoms with Gasteiger partial charge < -0.3 is 15.5 Å². The average Bonchev–Trinajstić information content (AvgIpc) is 2.44. The van der Waals surface area contributed by atoms with Crippen molar-refractivity contribution in [3.05, 3.63) is 29.3 Å². The lowest BCUT2D eigenvalue weighted by atomic mass is 9.77. The summed E-state index contributed by atoms with van der Waals surface area (Å²) in [7, 11) is 0. The fraction of sp³-hybridized carbons (Fsp3) is 0.562. The molecule has 0 aliphatic heterocycles. The molecule has 20 heavy (non-hydrogen) atoms. The molecule has 0 bridgehead atoms. The van der Waals surface area contributed by atoms with Crippen molar-refractivity contribution in [1.29, 1.82) is 0 Å². The lowest BCUT2D eigenvalue weighted by molar-refractivity contribution is 0.0715. The van der Waals surface area contributed by atoms with Gasteiger partial charge >= 0.3 is 0 Å². The van der Waals surface area contributed by atoms with Crippen molar-refractivity contribution in [2.75, 3.05) is 6.61 Å². The van der Waals surface area contributed by atoms with Crippen molar-refractivity contribution < 1.29 is 15.0 Å². The number of carbonyl (C=O) groups is 1. The number of benzene rings is 1. The molecule has 0 radical (unpaired) electrons. The Morgan fingerprint density at radius 3 is 2.65 bits per heavy atom. The molecule has 4 heteroatoms. The van der Waals surface area contributed by atoms with E-state index >= 15 is 0 Å². The molecule has 1 aliphatic carbocycles. The van der Waals surface area contributed by atoms with Crippen LogP contribution < -0.4 is 5.32 Å². The largest absolute Gasteiger partial charge is 0.507 e. The van der Waals surface area contributed by atoms with Crippen LogP contribution in [0.5, 0.6) is 5.75 Å². The Hall–Kier alpha value is -1.55. The minimum atomic E-state index is -0.542. The summed E-state index contributed by atoms with van der Waals surface area (Å²) in [5.74, 6) is 0.305. The van der Waals surface area contributed by atoms with Gasteiger partial charge in [0.05, 0.1) is 17.7 Å². The maximum atomic E-state index is 12.3. The zero-order chi connectivity index (χ0) is 14.8. The minimum absolute atomic E-state index is 0.0228. The molecule has 1 amide bonds. The van der Waals surface area contributed by atoms with E-state index in [2.05, 4.69) is 12.2 Å². The highest BCUT2D eigenvalue weighted by atomic mass is 16.3. The summed E-state index contributed by atoms with van der Waals surface area (Å²) in [6.07, 6.45) is 3.56. The number of aliphatic hydroxyl groups excluding tert-OH is 1. The smallest absolute Gasteiger partial charge is 0.255 e. The average molecular weight is 277 g/mol. The molecule has 1 fully saturated rings.